The molecule has 2 atom stereocenters. The fourth-order valence-corrected chi connectivity index (χ4v) is 2.57. The van der Waals surface area contributed by atoms with Gasteiger partial charge in [0.2, 0.25) is 0 Å². The standard InChI is InChI=1S/C12H15NO3/c14-12(9-3-5-15-7-9)11-6-13-4-1-2-10(13)8-16-11/h3,5,7,10-11H,1-2,4,6,8H2. The van der Waals surface area contributed by atoms with Crippen molar-refractivity contribution in [1.82, 2.24) is 4.90 Å². The van der Waals surface area contributed by atoms with Gasteiger partial charge in [-0.2, -0.15) is 0 Å². The lowest BCUT2D eigenvalue weighted by molar-refractivity contribution is -0.0344. The Morgan fingerprint density at radius 1 is 1.50 bits per heavy atom. The molecule has 2 aliphatic heterocycles. The second-order valence-corrected chi connectivity index (χ2v) is 4.49. The summed E-state index contributed by atoms with van der Waals surface area (Å²) in [6, 6.07) is 2.23. The summed E-state index contributed by atoms with van der Waals surface area (Å²) >= 11 is 0. The van der Waals surface area contributed by atoms with Crippen LogP contribution in [0.2, 0.25) is 0 Å². The maximum Gasteiger partial charge on any atom is 0.196 e. The molecule has 4 heteroatoms. The number of ketones is 1. The zero-order valence-corrected chi connectivity index (χ0v) is 9.09. The predicted molar refractivity (Wildman–Crippen MR) is 57.4 cm³/mol. The van der Waals surface area contributed by atoms with Crippen molar-refractivity contribution < 1.29 is 13.9 Å². The van der Waals surface area contributed by atoms with Crippen LogP contribution < -0.4 is 0 Å². The molecule has 2 fully saturated rings. The van der Waals surface area contributed by atoms with E-state index in [4.69, 9.17) is 9.15 Å². The van der Waals surface area contributed by atoms with Crippen LogP contribution in [0.5, 0.6) is 0 Å². The van der Waals surface area contributed by atoms with Crippen LogP contribution in [0.1, 0.15) is 23.2 Å². The number of morpholine rings is 1. The minimum Gasteiger partial charge on any atom is -0.472 e. The van der Waals surface area contributed by atoms with Gasteiger partial charge >= 0.3 is 0 Å². The Morgan fingerprint density at radius 3 is 3.25 bits per heavy atom. The highest BCUT2D eigenvalue weighted by molar-refractivity contribution is 5.99. The molecule has 2 saturated heterocycles. The second-order valence-electron chi connectivity index (χ2n) is 4.49. The summed E-state index contributed by atoms with van der Waals surface area (Å²) in [7, 11) is 0. The fourth-order valence-electron chi connectivity index (χ4n) is 2.57. The van der Waals surface area contributed by atoms with Crippen molar-refractivity contribution in [2.75, 3.05) is 19.7 Å². The van der Waals surface area contributed by atoms with Crippen molar-refractivity contribution in [3.63, 3.8) is 0 Å². The highest BCUT2D eigenvalue weighted by Crippen LogP contribution is 2.24. The Balaban J connectivity index is 1.70. The number of hydrogen-bond donors (Lipinski definition) is 0. The Morgan fingerprint density at radius 2 is 2.44 bits per heavy atom. The van der Waals surface area contributed by atoms with E-state index in [2.05, 4.69) is 4.90 Å². The number of furan rings is 1. The van der Waals surface area contributed by atoms with Crippen LogP contribution in [0.15, 0.2) is 23.0 Å². The van der Waals surface area contributed by atoms with Crippen LogP contribution in [-0.4, -0.2) is 42.5 Å². The molecule has 0 aliphatic carbocycles. The van der Waals surface area contributed by atoms with Gasteiger partial charge in [0.15, 0.2) is 5.78 Å². The Bertz CT molecular complexity index is 374. The summed E-state index contributed by atoms with van der Waals surface area (Å²) in [5, 5.41) is 0. The van der Waals surface area contributed by atoms with E-state index in [1.165, 1.54) is 25.4 Å². The van der Waals surface area contributed by atoms with E-state index in [1.54, 1.807) is 6.07 Å². The fraction of sp³-hybridized carbons (Fsp3) is 0.583. The summed E-state index contributed by atoms with van der Waals surface area (Å²) in [5.74, 6) is 0.0408. The quantitative estimate of drug-likeness (QED) is 0.706. The second kappa shape index (κ2) is 4.03. The normalized spacial score (nSPS) is 30.2. The topological polar surface area (TPSA) is 42.7 Å². The first-order chi connectivity index (χ1) is 7.84. The summed E-state index contributed by atoms with van der Waals surface area (Å²) in [4.78, 5) is 14.4. The van der Waals surface area contributed by atoms with Crippen LogP contribution >= 0.6 is 0 Å². The van der Waals surface area contributed by atoms with E-state index in [9.17, 15) is 4.79 Å². The summed E-state index contributed by atoms with van der Waals surface area (Å²) < 4.78 is 10.6. The first-order valence-corrected chi connectivity index (χ1v) is 5.76. The molecule has 0 aromatic carbocycles. The molecule has 0 saturated carbocycles. The number of nitrogens with zero attached hydrogens (tertiary/aromatic N) is 1. The van der Waals surface area contributed by atoms with Gasteiger partial charge in [0.05, 0.1) is 18.4 Å². The predicted octanol–water partition coefficient (Wildman–Crippen LogP) is 1.33. The Hall–Kier alpha value is -1.13. The lowest BCUT2D eigenvalue weighted by Gasteiger charge is -2.34. The van der Waals surface area contributed by atoms with Crippen LogP contribution in [0.3, 0.4) is 0 Å². The van der Waals surface area contributed by atoms with Crippen LogP contribution in [0.4, 0.5) is 0 Å². The number of ether oxygens (including phenoxy) is 1. The average Bonchev–Trinajstić information content (AvgIpc) is 2.98. The van der Waals surface area contributed by atoms with Gasteiger partial charge in [-0.3, -0.25) is 9.69 Å². The van der Waals surface area contributed by atoms with Crippen molar-refractivity contribution in [2.45, 2.75) is 25.0 Å². The van der Waals surface area contributed by atoms with Crippen molar-refractivity contribution in [2.24, 2.45) is 0 Å². The maximum atomic E-state index is 12.0. The van der Waals surface area contributed by atoms with Gasteiger partial charge in [-0.1, -0.05) is 0 Å². The van der Waals surface area contributed by atoms with Gasteiger partial charge in [0.1, 0.15) is 12.4 Å². The van der Waals surface area contributed by atoms with Gasteiger partial charge in [-0.15, -0.1) is 0 Å². The Labute approximate surface area is 94.2 Å². The zero-order valence-electron chi connectivity index (χ0n) is 9.09. The number of fused-ring (bicyclic) bond motifs is 1. The van der Waals surface area contributed by atoms with E-state index in [0.29, 0.717) is 18.2 Å². The molecule has 0 radical (unpaired) electrons. The third-order valence-electron chi connectivity index (χ3n) is 3.49. The molecule has 0 amide bonds. The highest BCUT2D eigenvalue weighted by Gasteiger charge is 2.35. The molecule has 1 aromatic rings. The molecule has 3 rings (SSSR count). The first kappa shape index (κ1) is 10.1. The van der Waals surface area contributed by atoms with Crippen LogP contribution in [0.25, 0.3) is 0 Å². The molecular weight excluding hydrogens is 206 g/mol. The van der Waals surface area contributed by atoms with Crippen LogP contribution in [0, 0.1) is 0 Å². The van der Waals surface area contributed by atoms with Gasteiger partial charge < -0.3 is 9.15 Å². The van der Waals surface area contributed by atoms with Crippen LogP contribution in [-0.2, 0) is 4.74 Å². The van der Waals surface area contributed by atoms with Crippen molar-refractivity contribution in [1.29, 1.82) is 0 Å². The van der Waals surface area contributed by atoms with Gasteiger partial charge in [-0.05, 0) is 25.5 Å². The number of carbonyl (C=O) groups is 1. The smallest absolute Gasteiger partial charge is 0.196 e. The van der Waals surface area contributed by atoms with E-state index in [0.717, 1.165) is 13.1 Å². The van der Waals surface area contributed by atoms with Crippen molar-refractivity contribution >= 4 is 5.78 Å². The summed E-state index contributed by atoms with van der Waals surface area (Å²) in [6.45, 7) is 2.52. The SMILES string of the molecule is O=C(c1ccoc1)C1CN2CCCC2CO1. The molecule has 4 nitrogen and oxygen atoms in total. The van der Waals surface area contributed by atoms with E-state index in [1.807, 2.05) is 0 Å². The molecule has 2 unspecified atom stereocenters. The number of rotatable bonds is 2. The molecule has 3 heterocycles. The van der Waals surface area contributed by atoms with E-state index < -0.39 is 0 Å². The van der Waals surface area contributed by atoms with Crippen molar-refractivity contribution in [3.05, 3.63) is 24.2 Å². The lowest BCUT2D eigenvalue weighted by Crippen LogP contribution is -2.49. The average molecular weight is 221 g/mol. The third kappa shape index (κ3) is 1.68. The van der Waals surface area contributed by atoms with Gasteiger partial charge in [0, 0.05) is 12.6 Å². The van der Waals surface area contributed by atoms with E-state index in [-0.39, 0.29) is 11.9 Å². The number of hydrogen-bond acceptors (Lipinski definition) is 4. The van der Waals surface area contributed by atoms with Crippen molar-refractivity contribution in [3.8, 4) is 0 Å². The van der Waals surface area contributed by atoms with E-state index >= 15 is 0 Å². The molecule has 1 aromatic heterocycles. The molecule has 2 aliphatic rings. The highest BCUT2D eigenvalue weighted by atomic mass is 16.5. The minimum atomic E-state index is -0.313. The minimum absolute atomic E-state index is 0.0408. The maximum absolute atomic E-state index is 12.0. The number of Topliss-reactive ketones (excluding diaryl/α,β-unsaturated/α-hetero) is 1. The lowest BCUT2D eigenvalue weighted by atomic mass is 10.1. The largest absolute Gasteiger partial charge is 0.472 e. The van der Waals surface area contributed by atoms with Gasteiger partial charge in [-0.25, -0.2) is 0 Å². The molecule has 0 spiro atoms. The first-order valence-electron chi connectivity index (χ1n) is 5.76. The molecule has 86 valence electrons. The third-order valence-corrected chi connectivity index (χ3v) is 3.49. The zero-order chi connectivity index (χ0) is 11.0. The molecule has 0 bridgehead atoms. The molecular formula is C12H15NO3. The summed E-state index contributed by atoms with van der Waals surface area (Å²) in [5.41, 5.74) is 0.614. The van der Waals surface area contributed by atoms with Gasteiger partial charge in [0.25, 0.3) is 0 Å². The Kier molecular flexibility index (Phi) is 2.53. The monoisotopic (exact) mass is 221 g/mol. The summed E-state index contributed by atoms with van der Waals surface area (Å²) in [6.07, 6.45) is 5.12. The molecule has 0 N–H and O–H groups in total. The number of carbonyl (C=O) groups excluding carboxylic acids is 1. The molecule has 16 heavy (non-hydrogen) atoms.